The van der Waals surface area contributed by atoms with Gasteiger partial charge in [0.2, 0.25) is 6.08 Å². The highest BCUT2D eigenvalue weighted by molar-refractivity contribution is 5.34. The molecule has 0 unspecified atom stereocenters. The van der Waals surface area contributed by atoms with Gasteiger partial charge in [0.25, 0.3) is 0 Å². The van der Waals surface area contributed by atoms with Crippen molar-refractivity contribution >= 4 is 6.08 Å². The number of hydrogen-bond donors (Lipinski definition) is 0. The number of nitrogens with zero attached hydrogens (tertiary/aromatic N) is 1. The highest BCUT2D eigenvalue weighted by Crippen LogP contribution is 2.02. The predicted octanol–water partition coefficient (Wildman–Crippen LogP) is 1.12. The van der Waals surface area contributed by atoms with Crippen molar-refractivity contribution in [2.45, 2.75) is 26.3 Å². The van der Waals surface area contributed by atoms with Gasteiger partial charge in [0.1, 0.15) is 0 Å². The summed E-state index contributed by atoms with van der Waals surface area (Å²) in [5.74, 6) is 0. The summed E-state index contributed by atoms with van der Waals surface area (Å²) < 4.78 is 6.84. The Labute approximate surface area is 44.7 Å². The summed E-state index contributed by atoms with van der Waals surface area (Å²) in [6.45, 7) is 3.55. The lowest BCUT2D eigenvalue weighted by Gasteiger charge is -2.05. The second-order valence-corrected chi connectivity index (χ2v) is 2.02. The molecule has 0 fully saturated rings. The summed E-state index contributed by atoms with van der Waals surface area (Å²) >= 11 is 0. The standard InChI is InChI=1S/C5H9NO/c1-5(2,3)6-4-7/h1-3H3/i1D. The van der Waals surface area contributed by atoms with Crippen molar-refractivity contribution in [3.05, 3.63) is 0 Å². The van der Waals surface area contributed by atoms with Crippen LogP contribution in [-0.2, 0) is 4.79 Å². The van der Waals surface area contributed by atoms with E-state index in [2.05, 4.69) is 4.99 Å². The molecule has 0 aromatic carbocycles. The maximum Gasteiger partial charge on any atom is 0.235 e. The first kappa shape index (κ1) is 4.54. The molecule has 0 aliphatic heterocycles. The Bertz CT molecular complexity index is 116. The highest BCUT2D eigenvalue weighted by atomic mass is 16.1. The Morgan fingerprint density at radius 2 is 2.43 bits per heavy atom. The maximum atomic E-state index is 9.60. The van der Waals surface area contributed by atoms with Crippen LogP contribution in [0, 0.1) is 0 Å². The average molecular weight is 100 g/mol. The number of isocyanates is 1. The van der Waals surface area contributed by atoms with Crippen molar-refractivity contribution in [1.82, 2.24) is 0 Å². The molecule has 2 heteroatoms. The van der Waals surface area contributed by atoms with Crippen LogP contribution >= 0.6 is 0 Å². The van der Waals surface area contributed by atoms with Crippen molar-refractivity contribution in [1.29, 1.82) is 0 Å². The van der Waals surface area contributed by atoms with Gasteiger partial charge < -0.3 is 0 Å². The van der Waals surface area contributed by atoms with E-state index < -0.39 is 5.54 Å². The first-order chi connectivity index (χ1) is 3.62. The summed E-state index contributed by atoms with van der Waals surface area (Å²) in [4.78, 5) is 13.0. The van der Waals surface area contributed by atoms with Gasteiger partial charge in [0, 0.05) is 1.37 Å². The van der Waals surface area contributed by atoms with E-state index in [-0.39, 0.29) is 6.90 Å². The van der Waals surface area contributed by atoms with Crippen molar-refractivity contribution in [2.24, 2.45) is 4.99 Å². The minimum absolute atomic E-state index is 0.127. The van der Waals surface area contributed by atoms with Crippen molar-refractivity contribution in [2.75, 3.05) is 0 Å². The third-order valence-electron chi connectivity index (χ3n) is 0.348. The monoisotopic (exact) mass is 100 g/mol. The zero-order valence-corrected chi connectivity index (χ0v) is 4.56. The first-order valence-corrected chi connectivity index (χ1v) is 2.00. The SMILES string of the molecule is [2H]CC(C)(C)N=C=O. The molecule has 0 rings (SSSR count). The Morgan fingerprint density at radius 1 is 1.86 bits per heavy atom. The van der Waals surface area contributed by atoms with Gasteiger partial charge in [-0.2, -0.15) is 0 Å². The van der Waals surface area contributed by atoms with Crippen LogP contribution in [0.15, 0.2) is 4.99 Å². The molecule has 0 aliphatic rings. The number of rotatable bonds is 0. The third kappa shape index (κ3) is 5.38. The van der Waals surface area contributed by atoms with E-state index in [1.165, 1.54) is 6.08 Å². The number of hydrogen-bond acceptors (Lipinski definition) is 2. The number of carbonyl (C=O) groups excluding carboxylic acids is 1. The molecule has 0 aliphatic carbocycles. The van der Waals surface area contributed by atoms with E-state index in [1.807, 2.05) is 0 Å². The van der Waals surface area contributed by atoms with Crippen LogP contribution < -0.4 is 0 Å². The summed E-state index contributed by atoms with van der Waals surface area (Å²) in [5.41, 5.74) is -0.540. The molecule has 0 amide bonds. The average Bonchev–Trinajstić information content (AvgIpc) is 1.67. The molecule has 0 aromatic rings. The Kier molecular flexibility index (Phi) is 1.23. The topological polar surface area (TPSA) is 29.4 Å². The van der Waals surface area contributed by atoms with Crippen LogP contribution in [0.3, 0.4) is 0 Å². The van der Waals surface area contributed by atoms with Crippen LogP contribution in [0.5, 0.6) is 0 Å². The van der Waals surface area contributed by atoms with Crippen LogP contribution in [0.4, 0.5) is 0 Å². The molecule has 0 radical (unpaired) electrons. The van der Waals surface area contributed by atoms with Crippen LogP contribution in [-0.4, -0.2) is 11.6 Å². The molecule has 0 spiro atoms. The van der Waals surface area contributed by atoms with E-state index in [4.69, 9.17) is 1.37 Å². The van der Waals surface area contributed by atoms with E-state index in [1.54, 1.807) is 13.8 Å². The van der Waals surface area contributed by atoms with E-state index in [0.29, 0.717) is 0 Å². The fourth-order valence-corrected chi connectivity index (χ4v) is 0.124. The molecule has 0 saturated carbocycles. The van der Waals surface area contributed by atoms with Crippen LogP contribution in [0.1, 0.15) is 22.1 Å². The molecule has 2 nitrogen and oxygen atoms in total. The second kappa shape index (κ2) is 1.90. The summed E-state index contributed by atoms with van der Waals surface area (Å²) in [6.07, 6.45) is 1.41. The van der Waals surface area contributed by atoms with Gasteiger partial charge in [-0.05, 0) is 20.7 Å². The highest BCUT2D eigenvalue weighted by Gasteiger charge is 2.04. The summed E-state index contributed by atoms with van der Waals surface area (Å²) in [7, 11) is 0. The molecular weight excluding hydrogens is 90.1 g/mol. The van der Waals surface area contributed by atoms with Crippen LogP contribution in [0.25, 0.3) is 0 Å². The first-order valence-electron chi connectivity index (χ1n) is 2.71. The van der Waals surface area contributed by atoms with Gasteiger partial charge in [-0.25, -0.2) is 9.79 Å². The minimum Gasteiger partial charge on any atom is -0.211 e. The zero-order chi connectivity index (χ0) is 6.62. The van der Waals surface area contributed by atoms with Crippen LogP contribution in [0.2, 0.25) is 0 Å². The Balaban J connectivity index is 3.90. The van der Waals surface area contributed by atoms with Gasteiger partial charge >= 0.3 is 0 Å². The smallest absolute Gasteiger partial charge is 0.211 e. The normalized spacial score (nSPS) is 12.0. The molecule has 0 bridgehead atoms. The molecule has 40 valence electrons. The molecular formula is C5H9NO. The molecule has 0 N–H and O–H groups in total. The van der Waals surface area contributed by atoms with Crippen molar-refractivity contribution in [3.63, 3.8) is 0 Å². The molecule has 0 aromatic heterocycles. The van der Waals surface area contributed by atoms with Gasteiger partial charge in [-0.15, -0.1) is 0 Å². The predicted molar refractivity (Wildman–Crippen MR) is 27.9 cm³/mol. The Hall–Kier alpha value is -0.620. The maximum absolute atomic E-state index is 9.60. The largest absolute Gasteiger partial charge is 0.235 e. The van der Waals surface area contributed by atoms with E-state index >= 15 is 0 Å². The zero-order valence-electron chi connectivity index (χ0n) is 5.56. The lowest BCUT2D eigenvalue weighted by Crippen LogP contribution is -2.07. The minimum atomic E-state index is -0.540. The fraction of sp³-hybridized carbons (Fsp3) is 0.800. The third-order valence-corrected chi connectivity index (χ3v) is 0.348. The van der Waals surface area contributed by atoms with Crippen molar-refractivity contribution < 1.29 is 6.17 Å². The fourth-order valence-electron chi connectivity index (χ4n) is 0.124. The van der Waals surface area contributed by atoms with Gasteiger partial charge in [0.15, 0.2) is 0 Å². The van der Waals surface area contributed by atoms with E-state index in [0.717, 1.165) is 0 Å². The summed E-state index contributed by atoms with van der Waals surface area (Å²) in [6, 6.07) is 0. The molecule has 0 saturated heterocycles. The molecule has 0 atom stereocenters. The van der Waals surface area contributed by atoms with Gasteiger partial charge in [-0.1, -0.05) is 0 Å². The molecule has 7 heavy (non-hydrogen) atoms. The van der Waals surface area contributed by atoms with Gasteiger partial charge in [-0.3, -0.25) is 0 Å². The summed E-state index contributed by atoms with van der Waals surface area (Å²) in [5, 5.41) is 0. The number of aliphatic imine (C=N–C) groups is 1. The Morgan fingerprint density at radius 3 is 2.57 bits per heavy atom. The molecule has 0 heterocycles. The quantitative estimate of drug-likeness (QED) is 0.331. The van der Waals surface area contributed by atoms with Crippen molar-refractivity contribution in [3.8, 4) is 0 Å². The van der Waals surface area contributed by atoms with Gasteiger partial charge in [0.05, 0.1) is 5.54 Å². The second-order valence-electron chi connectivity index (χ2n) is 2.02. The lowest BCUT2D eigenvalue weighted by atomic mass is 10.1. The van der Waals surface area contributed by atoms with E-state index in [9.17, 15) is 4.79 Å². The lowest BCUT2D eigenvalue weighted by molar-refractivity contribution is 0.535.